The maximum atomic E-state index is 13.0. The van der Waals surface area contributed by atoms with Crippen LogP contribution >= 0.6 is 11.8 Å². The Morgan fingerprint density at radius 1 is 1.28 bits per heavy atom. The molecule has 0 spiro atoms. The zero-order chi connectivity index (χ0) is 23.5. The molecule has 178 valence electrons. The lowest BCUT2D eigenvalue weighted by Crippen LogP contribution is -2.53. The molecule has 0 saturated carbocycles. The molecule has 1 aliphatic heterocycles. The molecule has 1 aromatic carbocycles. The van der Waals surface area contributed by atoms with E-state index < -0.39 is 16.9 Å². The average Bonchev–Trinajstić information content (AvgIpc) is 2.79. The maximum Gasteiger partial charge on any atom is 0.270 e. The normalized spacial score (nSPS) is 16.4. The van der Waals surface area contributed by atoms with Crippen molar-refractivity contribution in [2.75, 3.05) is 44.9 Å². The van der Waals surface area contributed by atoms with Gasteiger partial charge in [0.15, 0.2) is 0 Å². The molecule has 1 fully saturated rings. The molecule has 32 heavy (non-hydrogen) atoms. The summed E-state index contributed by atoms with van der Waals surface area (Å²) in [5.41, 5.74) is -0.00282. The van der Waals surface area contributed by atoms with Gasteiger partial charge in [0, 0.05) is 43.4 Å². The molecule has 0 radical (unpaired) electrons. The third-order valence-corrected chi connectivity index (χ3v) is 6.01. The summed E-state index contributed by atoms with van der Waals surface area (Å²) in [7, 11) is 0. The van der Waals surface area contributed by atoms with Crippen molar-refractivity contribution in [3.05, 3.63) is 39.9 Å². The molecule has 2 atom stereocenters. The van der Waals surface area contributed by atoms with Crippen LogP contribution in [0.2, 0.25) is 0 Å². The first-order valence-corrected chi connectivity index (χ1v) is 12.3. The van der Waals surface area contributed by atoms with Crippen LogP contribution in [0.15, 0.2) is 24.3 Å². The van der Waals surface area contributed by atoms with Crippen molar-refractivity contribution < 1.29 is 19.2 Å². The molecule has 1 aliphatic rings. The second kappa shape index (κ2) is 13.4. The number of benzene rings is 1. The molecule has 0 bridgehead atoms. The molecule has 1 heterocycles. The monoisotopic (exact) mass is 466 g/mol. The Balaban J connectivity index is 2.03. The van der Waals surface area contributed by atoms with Gasteiger partial charge < -0.3 is 15.4 Å². The van der Waals surface area contributed by atoms with E-state index in [1.54, 1.807) is 11.8 Å². The molecular formula is C22H34N4O5S. The third-order valence-electron chi connectivity index (χ3n) is 5.37. The number of hydrogen-bond acceptors (Lipinski definition) is 7. The molecule has 0 aliphatic carbocycles. The lowest BCUT2D eigenvalue weighted by molar-refractivity contribution is -0.384. The van der Waals surface area contributed by atoms with Gasteiger partial charge in [0.05, 0.1) is 18.1 Å². The number of nitro groups is 1. The number of thioether (sulfide) groups is 1. The van der Waals surface area contributed by atoms with Crippen LogP contribution in [-0.2, 0) is 9.53 Å². The highest BCUT2D eigenvalue weighted by Crippen LogP contribution is 2.15. The fourth-order valence-corrected chi connectivity index (χ4v) is 4.17. The summed E-state index contributed by atoms with van der Waals surface area (Å²) >= 11 is 1.59. The van der Waals surface area contributed by atoms with E-state index in [0.29, 0.717) is 37.9 Å². The molecular weight excluding hydrogens is 432 g/mol. The molecule has 9 nitrogen and oxygen atoms in total. The van der Waals surface area contributed by atoms with Crippen molar-refractivity contribution >= 4 is 29.3 Å². The van der Waals surface area contributed by atoms with Crippen LogP contribution in [-0.4, -0.2) is 78.6 Å². The second-order valence-electron chi connectivity index (χ2n) is 8.29. The zero-order valence-corrected chi connectivity index (χ0v) is 19.9. The van der Waals surface area contributed by atoms with Crippen molar-refractivity contribution in [2.24, 2.45) is 5.92 Å². The van der Waals surface area contributed by atoms with Crippen molar-refractivity contribution in [1.29, 1.82) is 0 Å². The van der Waals surface area contributed by atoms with E-state index in [2.05, 4.69) is 29.4 Å². The summed E-state index contributed by atoms with van der Waals surface area (Å²) in [6, 6.07) is 5.01. The van der Waals surface area contributed by atoms with E-state index >= 15 is 0 Å². The first kappa shape index (κ1) is 26.1. The van der Waals surface area contributed by atoms with Gasteiger partial charge in [-0.3, -0.25) is 24.6 Å². The Hall–Kier alpha value is -2.17. The van der Waals surface area contributed by atoms with Crippen molar-refractivity contribution in [1.82, 2.24) is 15.5 Å². The summed E-state index contributed by atoms with van der Waals surface area (Å²) < 4.78 is 5.45. The highest BCUT2D eigenvalue weighted by Gasteiger charge is 2.26. The van der Waals surface area contributed by atoms with Crippen molar-refractivity contribution in [3.63, 3.8) is 0 Å². The molecule has 2 N–H and O–H groups in total. The minimum atomic E-state index is -0.710. The number of ether oxygens (including phenoxy) is 1. The molecule has 2 rings (SSSR count). The Bertz CT molecular complexity index is 770. The predicted octanol–water partition coefficient (Wildman–Crippen LogP) is 2.31. The van der Waals surface area contributed by atoms with Crippen LogP contribution in [0.1, 0.15) is 37.0 Å². The van der Waals surface area contributed by atoms with Crippen LogP contribution in [0.5, 0.6) is 0 Å². The van der Waals surface area contributed by atoms with Gasteiger partial charge in [-0.25, -0.2) is 0 Å². The number of nitro benzene ring substituents is 1. The van der Waals surface area contributed by atoms with Crippen LogP contribution in [0.25, 0.3) is 0 Å². The van der Waals surface area contributed by atoms with Gasteiger partial charge in [0.1, 0.15) is 6.04 Å². The number of non-ortho nitro benzene ring substituents is 1. The van der Waals surface area contributed by atoms with Gasteiger partial charge in [-0.1, -0.05) is 19.9 Å². The molecule has 10 heteroatoms. The van der Waals surface area contributed by atoms with Crippen LogP contribution in [0.4, 0.5) is 5.69 Å². The van der Waals surface area contributed by atoms with Crippen LogP contribution < -0.4 is 10.6 Å². The minimum Gasteiger partial charge on any atom is -0.379 e. The largest absolute Gasteiger partial charge is 0.379 e. The number of nitrogens with one attached hydrogen (secondary N) is 2. The van der Waals surface area contributed by atoms with Crippen molar-refractivity contribution in [2.45, 2.75) is 38.8 Å². The zero-order valence-electron chi connectivity index (χ0n) is 19.0. The summed E-state index contributed by atoms with van der Waals surface area (Å²) in [6.45, 7) is 7.89. The fourth-order valence-electron chi connectivity index (χ4n) is 3.70. The van der Waals surface area contributed by atoms with E-state index in [-0.39, 0.29) is 23.2 Å². The SMILES string of the molecule is CSCCC(NC(=O)c1cccc([N+](=O)[O-])c1)C(=O)NCC(CC(C)C)N1CCOCC1. The number of amides is 2. The first-order valence-electron chi connectivity index (χ1n) is 11.0. The topological polar surface area (TPSA) is 114 Å². The highest BCUT2D eigenvalue weighted by molar-refractivity contribution is 7.98. The number of morpholine rings is 1. The van der Waals surface area contributed by atoms with Crippen molar-refractivity contribution in [3.8, 4) is 0 Å². The Morgan fingerprint density at radius 2 is 2.00 bits per heavy atom. The average molecular weight is 467 g/mol. The number of carbonyl (C=O) groups excluding carboxylic acids is 2. The molecule has 1 saturated heterocycles. The van der Waals surface area contributed by atoms with Gasteiger partial charge in [-0.15, -0.1) is 0 Å². The second-order valence-corrected chi connectivity index (χ2v) is 9.28. The lowest BCUT2D eigenvalue weighted by Gasteiger charge is -2.35. The Labute approximate surface area is 193 Å². The predicted molar refractivity (Wildman–Crippen MR) is 126 cm³/mol. The molecule has 2 amide bonds. The summed E-state index contributed by atoms with van der Waals surface area (Å²) in [6.07, 6.45) is 3.37. The van der Waals surface area contributed by atoms with E-state index in [0.717, 1.165) is 19.5 Å². The third kappa shape index (κ3) is 8.40. The van der Waals surface area contributed by atoms with Crippen LogP contribution in [0, 0.1) is 16.0 Å². The van der Waals surface area contributed by atoms with E-state index in [4.69, 9.17) is 4.74 Å². The Kier molecular flexibility index (Phi) is 10.9. The van der Waals surface area contributed by atoms with Gasteiger partial charge in [0.2, 0.25) is 5.91 Å². The van der Waals surface area contributed by atoms with Gasteiger partial charge in [-0.05, 0) is 36.8 Å². The van der Waals surface area contributed by atoms with Gasteiger partial charge in [-0.2, -0.15) is 11.8 Å². The highest BCUT2D eigenvalue weighted by atomic mass is 32.2. The quantitative estimate of drug-likeness (QED) is 0.359. The smallest absolute Gasteiger partial charge is 0.270 e. The number of rotatable bonds is 12. The van der Waals surface area contributed by atoms with E-state index in [1.165, 1.54) is 24.3 Å². The molecule has 0 aromatic heterocycles. The standard InChI is InChI=1S/C22H34N4O5S/c1-16(2)13-19(25-8-10-31-11-9-25)15-23-22(28)20(7-12-32-3)24-21(27)17-5-4-6-18(14-17)26(29)30/h4-6,14,16,19-20H,7-13,15H2,1-3H3,(H,23,28)(H,24,27). The van der Waals surface area contributed by atoms with E-state index in [9.17, 15) is 19.7 Å². The number of carbonyl (C=O) groups is 2. The Morgan fingerprint density at radius 3 is 2.62 bits per heavy atom. The summed E-state index contributed by atoms with van der Waals surface area (Å²) in [5.74, 6) is 0.453. The fraction of sp³-hybridized carbons (Fsp3) is 0.636. The van der Waals surface area contributed by atoms with E-state index in [1.807, 2.05) is 6.26 Å². The first-order chi connectivity index (χ1) is 15.3. The number of hydrogen-bond donors (Lipinski definition) is 2. The lowest BCUT2D eigenvalue weighted by atomic mass is 10.0. The minimum absolute atomic E-state index is 0.159. The van der Waals surface area contributed by atoms with Crippen LogP contribution in [0.3, 0.4) is 0 Å². The maximum absolute atomic E-state index is 13.0. The molecule has 1 aromatic rings. The summed E-state index contributed by atoms with van der Waals surface area (Å²) in [4.78, 5) is 38.5. The molecule has 2 unspecified atom stereocenters. The summed E-state index contributed by atoms with van der Waals surface area (Å²) in [5, 5.41) is 16.8. The number of nitrogens with zero attached hydrogens (tertiary/aromatic N) is 2. The van der Waals surface area contributed by atoms with Gasteiger partial charge >= 0.3 is 0 Å². The van der Waals surface area contributed by atoms with Gasteiger partial charge in [0.25, 0.3) is 11.6 Å².